The first kappa shape index (κ1) is 82.6. The third-order valence-electron chi connectivity index (χ3n) is 17.3. The largest absolute Gasteiger partial charge is 0.299 e. The molecule has 13 rings (SSSR count). The number of carbonyl (C=O) groups is 5. The lowest BCUT2D eigenvalue weighted by Gasteiger charge is -2.03. The van der Waals surface area contributed by atoms with E-state index in [2.05, 4.69) is 71.0 Å². The first-order valence-corrected chi connectivity index (χ1v) is 37.6. The van der Waals surface area contributed by atoms with Gasteiger partial charge in [-0.15, -0.1) is 17.8 Å². The smallest absolute Gasteiger partial charge is 0.141 e. The van der Waals surface area contributed by atoms with Crippen LogP contribution < -0.4 is 0 Å². The summed E-state index contributed by atoms with van der Waals surface area (Å²) in [5.74, 6) is 37.6. The Morgan fingerprint density at radius 1 is 0.150 bits per heavy atom. The van der Waals surface area contributed by atoms with E-state index in [1.54, 1.807) is 0 Å². The van der Waals surface area contributed by atoms with Crippen molar-refractivity contribution in [2.45, 2.75) is 85.0 Å². The van der Waals surface area contributed by atoms with Crippen LogP contribution >= 0.6 is 0 Å². The van der Waals surface area contributed by atoms with Crippen molar-refractivity contribution in [3.63, 3.8) is 0 Å². The van der Waals surface area contributed by atoms with Crippen molar-refractivity contribution in [2.24, 2.45) is 0 Å². The average molecular weight is 1470 g/mol. The number of hydrogen-bond donors (Lipinski definition) is 0. The molecule has 0 saturated heterocycles. The predicted octanol–water partition coefficient (Wildman–Crippen LogP) is 20.5. The standard InChI is InChI=1S/C31H22O.C23H18O.C21H18O.C18H16O.C15H14O/c32-31(23-29-19-15-27(16-20-29)13-11-25-7-3-1-4-8-25)24-30-21-17-28(18-22-30)14-12-26-9-5-2-6-10-26;24-23(17-21-9-5-2-6-10-21)18-22-15-13-20(14-16-22)12-11-19-7-3-1-4-8-19;1-3-5-17-7-11-19(12-8-17)15-21(22)16-20-13-9-18(6-4-2)10-14-20;1-2-6-15-9-11-17(12-10-15)14-18(19)13-16-7-4-3-5-8-16;16-15(11-13-7-3-1-4-8-13)12-14-9-5-2-6-10-14/h1-10,15-22H,23-24H2;1-10,13-16H,17-18H2;7-14H,15-16H2,1-2H3;3-5,7-12H,13-14H2,1H3;1-10H,11-12H2. The van der Waals surface area contributed by atoms with Crippen molar-refractivity contribution >= 4 is 28.9 Å². The maximum absolute atomic E-state index is 12.5. The third kappa shape index (κ3) is 32.5. The fraction of sp³-hybridized carbons (Fsp3) is 0.120. The highest BCUT2D eigenvalue weighted by molar-refractivity contribution is 5.85. The van der Waals surface area contributed by atoms with Gasteiger partial charge in [-0.05, 0) is 186 Å². The van der Waals surface area contributed by atoms with E-state index in [9.17, 15) is 24.0 Å². The van der Waals surface area contributed by atoms with E-state index in [1.165, 1.54) is 0 Å². The Kier molecular flexibility index (Phi) is 34.6. The summed E-state index contributed by atoms with van der Waals surface area (Å²) >= 11 is 0. The molecule has 0 aliphatic heterocycles. The summed E-state index contributed by atoms with van der Waals surface area (Å²) in [7, 11) is 0. The molecule has 13 aromatic carbocycles. The van der Waals surface area contributed by atoms with E-state index in [0.717, 1.165) is 106 Å². The second-order valence-electron chi connectivity index (χ2n) is 26.6. The monoisotopic (exact) mass is 1460 g/mol. The summed E-state index contributed by atoms with van der Waals surface area (Å²) in [6, 6.07) is 116. The first-order valence-electron chi connectivity index (χ1n) is 37.6. The zero-order valence-electron chi connectivity index (χ0n) is 64.2. The summed E-state index contributed by atoms with van der Waals surface area (Å²) in [5.41, 5.74) is 19.2. The molecule has 0 aromatic heterocycles. The van der Waals surface area contributed by atoms with E-state index in [4.69, 9.17) is 0 Å². The number of carbonyl (C=O) groups excluding carboxylic acids is 5. The van der Waals surface area contributed by atoms with Crippen LogP contribution in [-0.4, -0.2) is 28.9 Å². The molecule has 0 amide bonds. The number of benzene rings is 13. The summed E-state index contributed by atoms with van der Waals surface area (Å²) in [6.45, 7) is 5.45. The molecule has 0 fully saturated rings. The van der Waals surface area contributed by atoms with Crippen LogP contribution in [0.3, 0.4) is 0 Å². The minimum absolute atomic E-state index is 0.191. The van der Waals surface area contributed by atoms with Crippen molar-refractivity contribution in [1.82, 2.24) is 0 Å². The maximum Gasteiger partial charge on any atom is 0.141 e. The Morgan fingerprint density at radius 2 is 0.265 bits per heavy atom. The molecule has 0 heterocycles. The molecule has 0 bridgehead atoms. The summed E-state index contributed by atoms with van der Waals surface area (Å²) < 4.78 is 0. The van der Waals surface area contributed by atoms with Crippen LogP contribution in [0.5, 0.6) is 0 Å². The molecule has 0 N–H and O–H groups in total. The maximum atomic E-state index is 12.5. The summed E-state index contributed by atoms with van der Waals surface area (Å²) in [4.78, 5) is 60.6. The highest BCUT2D eigenvalue weighted by Gasteiger charge is 2.11. The fourth-order valence-electron chi connectivity index (χ4n) is 11.6. The average Bonchev–Trinajstić information content (AvgIpc) is 0.891. The highest BCUT2D eigenvalue weighted by atomic mass is 16.1. The molecule has 5 heteroatoms. The molecule has 0 unspecified atom stereocenters. The van der Waals surface area contributed by atoms with Gasteiger partial charge in [0.2, 0.25) is 0 Å². The van der Waals surface area contributed by atoms with Crippen LogP contribution in [-0.2, 0) is 88.2 Å². The Bertz CT molecular complexity index is 5340. The Morgan fingerprint density at radius 3 is 0.407 bits per heavy atom. The van der Waals surface area contributed by atoms with Crippen molar-refractivity contribution in [2.75, 3.05) is 0 Å². The minimum Gasteiger partial charge on any atom is -0.299 e. The molecule has 0 radical (unpaired) electrons. The molecule has 0 aliphatic rings. The van der Waals surface area contributed by atoms with Crippen molar-refractivity contribution < 1.29 is 24.0 Å². The van der Waals surface area contributed by atoms with Gasteiger partial charge in [0.1, 0.15) is 28.9 Å². The van der Waals surface area contributed by atoms with Gasteiger partial charge in [-0.3, -0.25) is 24.0 Å². The Labute approximate surface area is 668 Å². The molecule has 13 aromatic rings. The zero-order valence-corrected chi connectivity index (χ0v) is 64.2. The van der Waals surface area contributed by atoms with Gasteiger partial charge in [-0.1, -0.05) is 302 Å². The first-order chi connectivity index (χ1) is 55.4. The molecule has 0 spiro atoms. The second-order valence-corrected chi connectivity index (χ2v) is 26.6. The van der Waals surface area contributed by atoms with Gasteiger partial charge in [0.15, 0.2) is 0 Å². The van der Waals surface area contributed by atoms with Crippen LogP contribution in [0.2, 0.25) is 0 Å². The van der Waals surface area contributed by atoms with E-state index in [0.29, 0.717) is 64.2 Å². The fourth-order valence-corrected chi connectivity index (χ4v) is 11.6. The van der Waals surface area contributed by atoms with Crippen molar-refractivity contribution in [1.29, 1.82) is 0 Å². The second kappa shape index (κ2) is 47.4. The highest BCUT2D eigenvalue weighted by Crippen LogP contribution is 2.16. The van der Waals surface area contributed by atoms with Crippen LogP contribution in [0.15, 0.2) is 358 Å². The molecule has 0 saturated carbocycles. The molecule has 550 valence electrons. The van der Waals surface area contributed by atoms with Crippen LogP contribution in [0.4, 0.5) is 0 Å². The zero-order chi connectivity index (χ0) is 79.1. The quantitative estimate of drug-likeness (QED) is 0.0710. The lowest BCUT2D eigenvalue weighted by molar-refractivity contribution is -0.118. The Hall–Kier alpha value is -14.4. The van der Waals surface area contributed by atoms with Gasteiger partial charge in [-0.2, -0.15) is 0 Å². The third-order valence-corrected chi connectivity index (χ3v) is 17.3. The number of rotatable bonds is 20. The van der Waals surface area contributed by atoms with Gasteiger partial charge in [-0.25, -0.2) is 0 Å². The topological polar surface area (TPSA) is 85.3 Å². The molecule has 113 heavy (non-hydrogen) atoms. The molecular weight excluding hydrogens is 1380 g/mol. The normalized spacial score (nSPS) is 9.65. The lowest BCUT2D eigenvalue weighted by atomic mass is 10.0. The minimum atomic E-state index is 0.191. The molecule has 5 nitrogen and oxygen atoms in total. The lowest BCUT2D eigenvalue weighted by Crippen LogP contribution is -2.06. The van der Waals surface area contributed by atoms with Gasteiger partial charge in [0.25, 0.3) is 0 Å². The summed E-state index contributed by atoms with van der Waals surface area (Å²) in [6.07, 6.45) is 4.71. The predicted molar refractivity (Wildman–Crippen MR) is 461 cm³/mol. The summed E-state index contributed by atoms with van der Waals surface area (Å²) in [5, 5.41) is 0. The van der Waals surface area contributed by atoms with Crippen LogP contribution in [0.1, 0.15) is 126 Å². The van der Waals surface area contributed by atoms with Gasteiger partial charge >= 0.3 is 0 Å². The number of hydrogen-bond acceptors (Lipinski definition) is 5. The van der Waals surface area contributed by atoms with E-state index in [1.807, 2.05) is 379 Å². The molecule has 0 atom stereocenters. The number of ketones is 5. The van der Waals surface area contributed by atoms with E-state index < -0.39 is 0 Å². The van der Waals surface area contributed by atoms with Crippen LogP contribution in [0.25, 0.3) is 0 Å². The molecule has 0 aliphatic carbocycles. The van der Waals surface area contributed by atoms with Crippen molar-refractivity contribution in [3.05, 3.63) is 464 Å². The van der Waals surface area contributed by atoms with Gasteiger partial charge < -0.3 is 0 Å². The Balaban J connectivity index is 0.000000165. The van der Waals surface area contributed by atoms with Crippen molar-refractivity contribution in [3.8, 4) is 71.0 Å². The van der Waals surface area contributed by atoms with Crippen LogP contribution in [0, 0.1) is 71.0 Å². The van der Waals surface area contributed by atoms with E-state index in [-0.39, 0.29) is 28.9 Å². The van der Waals surface area contributed by atoms with E-state index >= 15 is 0 Å². The van der Waals surface area contributed by atoms with Gasteiger partial charge in [0, 0.05) is 114 Å². The van der Waals surface area contributed by atoms with Gasteiger partial charge in [0.05, 0.1) is 0 Å². The SMILES string of the molecule is CC#Cc1ccc(CC(=O)Cc2ccc(C#CC)cc2)cc1.CC#Cc1ccc(CC(=O)Cc2ccccc2)cc1.O=C(Cc1ccc(C#Cc2ccccc2)cc1)Cc1ccc(C#Cc2ccccc2)cc1.O=C(Cc1ccccc1)Cc1ccc(C#Cc2ccccc2)cc1.O=C(Cc1ccccc1)Cc1ccccc1. The number of Topliss-reactive ketones (excluding diaryl/α,β-unsaturated/α-hetero) is 5. The molecular formula is C108H88O5.